The molecule has 1 aromatic carbocycles. The van der Waals surface area contributed by atoms with Crippen molar-refractivity contribution in [2.45, 2.75) is 6.61 Å². The molecular weight excluding hydrogens is 276 g/mol. The van der Waals surface area contributed by atoms with Gasteiger partial charge >= 0.3 is 6.61 Å². The molecule has 1 N–H and O–H groups in total. The zero-order valence-corrected chi connectivity index (χ0v) is 10.9. The summed E-state index contributed by atoms with van der Waals surface area (Å²) >= 11 is 0. The van der Waals surface area contributed by atoms with Gasteiger partial charge in [0.2, 0.25) is 0 Å². The standard InChI is InChI=1S/C12H13F2N3O.ClH/c13-12(14)18-11-6-9(8-15)5-10(7-11)17-3-1-16-2-4-17;/h5-7,12,16H,1-4H2;1H. The van der Waals surface area contributed by atoms with Crippen molar-refractivity contribution in [2.75, 3.05) is 31.1 Å². The van der Waals surface area contributed by atoms with Crippen LogP contribution in [0.1, 0.15) is 5.56 Å². The maximum Gasteiger partial charge on any atom is 0.387 e. The van der Waals surface area contributed by atoms with Crippen molar-refractivity contribution in [1.29, 1.82) is 5.26 Å². The van der Waals surface area contributed by atoms with Gasteiger partial charge in [-0.15, -0.1) is 12.4 Å². The van der Waals surface area contributed by atoms with Gasteiger partial charge < -0.3 is 15.0 Å². The molecule has 7 heteroatoms. The Hall–Kier alpha value is -1.58. The molecule has 0 bridgehead atoms. The highest BCUT2D eigenvalue weighted by atomic mass is 35.5. The Labute approximate surface area is 116 Å². The lowest BCUT2D eigenvalue weighted by Gasteiger charge is -2.29. The summed E-state index contributed by atoms with van der Waals surface area (Å²) in [5.41, 5.74) is 1.06. The van der Waals surface area contributed by atoms with E-state index in [-0.39, 0.29) is 18.2 Å². The fourth-order valence-electron chi connectivity index (χ4n) is 1.92. The second-order valence-electron chi connectivity index (χ2n) is 3.94. The van der Waals surface area contributed by atoms with Crippen LogP contribution in [0.15, 0.2) is 18.2 Å². The number of piperazine rings is 1. The Morgan fingerprint density at radius 2 is 1.95 bits per heavy atom. The van der Waals surface area contributed by atoms with Crippen LogP contribution < -0.4 is 15.0 Å². The molecular formula is C12H14ClF2N3O. The highest BCUT2D eigenvalue weighted by Gasteiger charge is 2.14. The topological polar surface area (TPSA) is 48.3 Å². The first kappa shape index (κ1) is 15.5. The predicted molar refractivity (Wildman–Crippen MR) is 70.1 cm³/mol. The molecule has 1 aromatic rings. The highest BCUT2D eigenvalue weighted by Crippen LogP contribution is 2.25. The zero-order valence-electron chi connectivity index (χ0n) is 10.1. The van der Waals surface area contributed by atoms with Crippen LogP contribution in [0.4, 0.5) is 14.5 Å². The molecule has 0 atom stereocenters. The molecule has 1 aliphatic rings. The summed E-state index contributed by atoms with van der Waals surface area (Å²) in [4.78, 5) is 2.04. The van der Waals surface area contributed by atoms with Crippen molar-refractivity contribution in [3.05, 3.63) is 23.8 Å². The molecule has 0 spiro atoms. The van der Waals surface area contributed by atoms with Gasteiger partial charge in [-0.1, -0.05) is 0 Å². The van der Waals surface area contributed by atoms with E-state index in [0.29, 0.717) is 5.56 Å². The molecule has 2 rings (SSSR count). The van der Waals surface area contributed by atoms with E-state index >= 15 is 0 Å². The maximum absolute atomic E-state index is 12.2. The van der Waals surface area contributed by atoms with Gasteiger partial charge in [-0.05, 0) is 12.1 Å². The Bertz CT molecular complexity index is 459. The van der Waals surface area contributed by atoms with Gasteiger partial charge in [0.05, 0.1) is 11.6 Å². The highest BCUT2D eigenvalue weighted by molar-refractivity contribution is 5.85. The molecule has 19 heavy (non-hydrogen) atoms. The van der Waals surface area contributed by atoms with Crippen LogP contribution >= 0.6 is 12.4 Å². The first-order valence-electron chi connectivity index (χ1n) is 5.65. The number of benzene rings is 1. The minimum atomic E-state index is -2.88. The minimum Gasteiger partial charge on any atom is -0.435 e. The number of halogens is 3. The zero-order chi connectivity index (χ0) is 13.0. The molecule has 0 radical (unpaired) electrons. The summed E-state index contributed by atoms with van der Waals surface area (Å²) in [6, 6.07) is 6.49. The monoisotopic (exact) mass is 289 g/mol. The molecule has 1 saturated heterocycles. The lowest BCUT2D eigenvalue weighted by molar-refractivity contribution is -0.0498. The number of anilines is 1. The molecule has 1 heterocycles. The summed E-state index contributed by atoms with van der Waals surface area (Å²) in [5, 5.41) is 12.1. The van der Waals surface area contributed by atoms with Gasteiger partial charge in [0.25, 0.3) is 0 Å². The van der Waals surface area contributed by atoms with E-state index in [4.69, 9.17) is 5.26 Å². The van der Waals surface area contributed by atoms with Crippen LogP contribution in [-0.2, 0) is 0 Å². The number of ether oxygens (including phenoxy) is 1. The van der Waals surface area contributed by atoms with Crippen LogP contribution in [0.5, 0.6) is 5.75 Å². The SMILES string of the molecule is Cl.N#Cc1cc(OC(F)F)cc(N2CCNCC2)c1. The van der Waals surface area contributed by atoms with E-state index in [1.54, 1.807) is 12.1 Å². The van der Waals surface area contributed by atoms with Crippen LogP contribution in [0, 0.1) is 11.3 Å². The van der Waals surface area contributed by atoms with Crippen LogP contribution in [-0.4, -0.2) is 32.8 Å². The third-order valence-corrected chi connectivity index (χ3v) is 2.73. The van der Waals surface area contributed by atoms with Gasteiger partial charge in [0.1, 0.15) is 5.75 Å². The van der Waals surface area contributed by atoms with Crippen molar-refractivity contribution in [2.24, 2.45) is 0 Å². The first-order valence-corrected chi connectivity index (χ1v) is 5.65. The van der Waals surface area contributed by atoms with Crippen molar-refractivity contribution in [1.82, 2.24) is 5.32 Å². The minimum absolute atomic E-state index is 0. The van der Waals surface area contributed by atoms with Gasteiger partial charge in [-0.3, -0.25) is 0 Å². The van der Waals surface area contributed by atoms with Gasteiger partial charge in [-0.25, -0.2) is 0 Å². The van der Waals surface area contributed by atoms with Crippen LogP contribution in [0.25, 0.3) is 0 Å². The molecule has 1 fully saturated rings. The summed E-state index contributed by atoms with van der Waals surface area (Å²) in [5.74, 6) is 0.0255. The third-order valence-electron chi connectivity index (χ3n) is 2.73. The largest absolute Gasteiger partial charge is 0.435 e. The van der Waals surface area contributed by atoms with Crippen LogP contribution in [0.2, 0.25) is 0 Å². The van der Waals surface area contributed by atoms with Gasteiger partial charge in [0, 0.05) is 37.9 Å². The van der Waals surface area contributed by atoms with Crippen molar-refractivity contribution < 1.29 is 13.5 Å². The Morgan fingerprint density at radius 1 is 1.26 bits per heavy atom. The lowest BCUT2D eigenvalue weighted by atomic mass is 10.1. The molecule has 4 nitrogen and oxygen atoms in total. The normalized spacial score (nSPS) is 14.7. The van der Waals surface area contributed by atoms with Crippen molar-refractivity contribution in [3.8, 4) is 11.8 Å². The van der Waals surface area contributed by atoms with E-state index in [2.05, 4.69) is 10.1 Å². The van der Waals surface area contributed by atoms with E-state index < -0.39 is 6.61 Å². The number of alkyl halides is 2. The third kappa shape index (κ3) is 4.23. The molecule has 104 valence electrons. The van der Waals surface area contributed by atoms with Crippen LogP contribution in [0.3, 0.4) is 0 Å². The number of nitrogens with one attached hydrogen (secondary N) is 1. The fourth-order valence-corrected chi connectivity index (χ4v) is 1.92. The van der Waals surface area contributed by atoms with Crippen molar-refractivity contribution in [3.63, 3.8) is 0 Å². The second kappa shape index (κ2) is 7.12. The molecule has 1 aliphatic heterocycles. The fraction of sp³-hybridized carbons (Fsp3) is 0.417. The lowest BCUT2D eigenvalue weighted by Crippen LogP contribution is -2.43. The average Bonchev–Trinajstić information content (AvgIpc) is 2.38. The molecule has 0 aromatic heterocycles. The summed E-state index contributed by atoms with van der Waals surface area (Å²) in [7, 11) is 0. The van der Waals surface area contributed by atoms with Gasteiger partial charge in [-0.2, -0.15) is 14.0 Å². The average molecular weight is 290 g/mol. The van der Waals surface area contributed by atoms with Gasteiger partial charge in [0.15, 0.2) is 0 Å². The Balaban J connectivity index is 0.00000180. The van der Waals surface area contributed by atoms with E-state index in [0.717, 1.165) is 31.9 Å². The number of nitrogens with zero attached hydrogens (tertiary/aromatic N) is 2. The number of rotatable bonds is 3. The predicted octanol–water partition coefficient (Wildman–Crippen LogP) is 1.99. The Morgan fingerprint density at radius 3 is 2.53 bits per heavy atom. The molecule has 0 unspecified atom stereocenters. The smallest absolute Gasteiger partial charge is 0.387 e. The number of hydrogen-bond acceptors (Lipinski definition) is 4. The molecule has 0 amide bonds. The maximum atomic E-state index is 12.2. The summed E-state index contributed by atoms with van der Waals surface area (Å²) in [6.07, 6.45) is 0. The number of hydrogen-bond donors (Lipinski definition) is 1. The second-order valence-corrected chi connectivity index (χ2v) is 3.94. The quantitative estimate of drug-likeness (QED) is 0.924. The van der Waals surface area contributed by atoms with E-state index in [9.17, 15) is 8.78 Å². The van der Waals surface area contributed by atoms with Crippen molar-refractivity contribution >= 4 is 18.1 Å². The number of nitriles is 1. The summed E-state index contributed by atoms with van der Waals surface area (Å²) < 4.78 is 28.8. The van der Waals surface area contributed by atoms with E-state index in [1.165, 1.54) is 6.07 Å². The summed E-state index contributed by atoms with van der Waals surface area (Å²) in [6.45, 7) is 0.352. The molecule has 0 saturated carbocycles. The Kier molecular flexibility index (Phi) is 5.80. The molecule has 0 aliphatic carbocycles. The first-order chi connectivity index (χ1) is 8.69. The van der Waals surface area contributed by atoms with E-state index in [1.807, 2.05) is 11.0 Å².